The van der Waals surface area contributed by atoms with Crippen molar-refractivity contribution in [1.82, 2.24) is 0 Å². The molecule has 3 atom stereocenters. The lowest BCUT2D eigenvalue weighted by atomic mass is 9.81. The van der Waals surface area contributed by atoms with Crippen LogP contribution >= 0.6 is 0 Å². The molecule has 12 nitrogen and oxygen atoms in total. The third kappa shape index (κ3) is 6.23. The molecule has 3 N–H and O–H groups in total. The summed E-state index contributed by atoms with van der Waals surface area (Å²) in [5, 5.41) is 30.1. The molecule has 0 radical (unpaired) electrons. The summed E-state index contributed by atoms with van der Waals surface area (Å²) in [6.07, 6.45) is -2.46. The van der Waals surface area contributed by atoms with E-state index in [9.17, 15) is 44.1 Å². The van der Waals surface area contributed by atoms with Crippen molar-refractivity contribution in [2.45, 2.75) is 39.1 Å². The third-order valence-corrected chi connectivity index (χ3v) is 4.86. The van der Waals surface area contributed by atoms with Crippen molar-refractivity contribution >= 4 is 35.8 Å². The van der Waals surface area contributed by atoms with Crippen molar-refractivity contribution in [3.8, 4) is 0 Å². The molecule has 192 valence electrons. The van der Waals surface area contributed by atoms with Crippen molar-refractivity contribution in [1.29, 1.82) is 0 Å². The van der Waals surface area contributed by atoms with E-state index in [4.69, 9.17) is 14.2 Å². The van der Waals surface area contributed by atoms with Crippen LogP contribution in [0, 0.1) is 0 Å². The number of aromatic carboxylic acids is 3. The fraction of sp³-hybridized carbons (Fsp3) is 0.250. The molecule has 0 aromatic heterocycles. The van der Waals surface area contributed by atoms with Gasteiger partial charge >= 0.3 is 35.8 Å². The summed E-state index contributed by atoms with van der Waals surface area (Å²) in [6, 6.07) is 0. The Morgan fingerprint density at radius 1 is 0.556 bits per heavy atom. The summed E-state index contributed by atoms with van der Waals surface area (Å²) < 4.78 is 15.2. The summed E-state index contributed by atoms with van der Waals surface area (Å²) in [5.41, 5.74) is -4.60. The molecule has 0 amide bonds. The Morgan fingerprint density at radius 2 is 0.806 bits per heavy atom. The minimum atomic E-state index is -1.88. The van der Waals surface area contributed by atoms with Crippen molar-refractivity contribution in [3.63, 3.8) is 0 Å². The molecule has 1 rings (SSSR count). The first-order chi connectivity index (χ1) is 16.7. The molecule has 0 spiro atoms. The summed E-state index contributed by atoms with van der Waals surface area (Å²) in [6.45, 7) is 13.1. The van der Waals surface area contributed by atoms with Gasteiger partial charge < -0.3 is 29.5 Å². The lowest BCUT2D eigenvalue weighted by Crippen LogP contribution is -2.27. The second-order valence-electron chi connectivity index (χ2n) is 7.13. The number of ether oxygens (including phenoxy) is 3. The minimum absolute atomic E-state index is 0.499. The number of rotatable bonds is 12. The van der Waals surface area contributed by atoms with Crippen LogP contribution in [0.3, 0.4) is 0 Å². The van der Waals surface area contributed by atoms with E-state index in [-0.39, 0.29) is 0 Å². The maximum absolute atomic E-state index is 12.5. The number of benzene rings is 1. The second-order valence-corrected chi connectivity index (χ2v) is 7.13. The first-order valence-electron chi connectivity index (χ1n) is 10.2. The molecule has 0 fully saturated rings. The Morgan fingerprint density at radius 3 is 1.08 bits per heavy atom. The van der Waals surface area contributed by atoms with Gasteiger partial charge in [0.1, 0.15) is 18.3 Å². The maximum Gasteiger partial charge on any atom is 0.337 e. The highest BCUT2D eigenvalue weighted by Crippen LogP contribution is 2.41. The number of carbonyl (C=O) groups is 6. The number of hydrogen-bond acceptors (Lipinski definition) is 9. The fourth-order valence-corrected chi connectivity index (χ4v) is 3.58. The average Bonchev–Trinajstić information content (AvgIpc) is 2.80. The number of hydrogen-bond donors (Lipinski definition) is 3. The van der Waals surface area contributed by atoms with Crippen molar-refractivity contribution in [2.24, 2.45) is 0 Å². The van der Waals surface area contributed by atoms with Gasteiger partial charge in [-0.15, -0.1) is 0 Å². The zero-order valence-electron chi connectivity index (χ0n) is 19.6. The zero-order chi connectivity index (χ0) is 27.9. The zero-order valence-corrected chi connectivity index (χ0v) is 19.6. The van der Waals surface area contributed by atoms with Crippen LogP contribution in [0.2, 0.25) is 0 Å². The van der Waals surface area contributed by atoms with Gasteiger partial charge in [0.25, 0.3) is 0 Å². The summed E-state index contributed by atoms with van der Waals surface area (Å²) in [4.78, 5) is 72.7. The maximum atomic E-state index is 12.5. The van der Waals surface area contributed by atoms with Crippen LogP contribution in [-0.4, -0.2) is 51.1 Å². The molecule has 1 aromatic carbocycles. The molecule has 1 aromatic rings. The smallest absolute Gasteiger partial charge is 0.337 e. The van der Waals surface area contributed by atoms with Gasteiger partial charge in [-0.05, 0) is 20.8 Å². The number of carboxylic acid groups (broad SMARTS) is 3. The topological polar surface area (TPSA) is 191 Å². The fourth-order valence-electron chi connectivity index (χ4n) is 3.58. The molecule has 0 saturated heterocycles. The van der Waals surface area contributed by atoms with E-state index in [1.165, 1.54) is 6.92 Å². The van der Waals surface area contributed by atoms with Gasteiger partial charge in [0.2, 0.25) is 0 Å². The van der Waals surface area contributed by atoms with Gasteiger partial charge in [0, 0.05) is 34.9 Å². The van der Waals surface area contributed by atoms with E-state index in [0.29, 0.717) is 0 Å². The Balaban J connectivity index is 4.44. The van der Waals surface area contributed by atoms with Crippen LogP contribution in [0.1, 0.15) is 86.8 Å². The Bertz CT molecular complexity index is 1160. The molecule has 36 heavy (non-hydrogen) atoms. The normalized spacial score (nSPS) is 12.8. The largest absolute Gasteiger partial charge is 0.478 e. The van der Waals surface area contributed by atoms with E-state index in [1.807, 2.05) is 0 Å². The van der Waals surface area contributed by atoms with Gasteiger partial charge in [0.15, 0.2) is 0 Å². The molecular weight excluding hydrogens is 480 g/mol. The first kappa shape index (κ1) is 29.3. The predicted octanol–water partition coefficient (Wildman–Crippen LogP) is 3.15. The standard InChI is InChI=1S/C24H24O12/c1-7-13(25)34-10(4)16-17(11(5)35-14(26)8-2)20(23(30)31)21(24(32)33)18(19(16)22(28)29)12(6)36-15(27)9-3/h7-12H,1-3H2,4-6H3,(H,28,29)(H,30,31)(H,32,33). The van der Waals surface area contributed by atoms with E-state index >= 15 is 0 Å². The summed E-state index contributed by atoms with van der Waals surface area (Å²) in [5.74, 6) is -8.60. The van der Waals surface area contributed by atoms with Crippen LogP contribution in [0.15, 0.2) is 38.0 Å². The van der Waals surface area contributed by atoms with E-state index in [1.54, 1.807) is 0 Å². The van der Waals surface area contributed by atoms with Crippen LogP contribution in [0.25, 0.3) is 0 Å². The van der Waals surface area contributed by atoms with Crippen LogP contribution in [0.4, 0.5) is 0 Å². The van der Waals surface area contributed by atoms with E-state index in [2.05, 4.69) is 19.7 Å². The second kappa shape index (κ2) is 12.1. The molecule has 0 aliphatic carbocycles. The quantitative estimate of drug-likeness (QED) is 0.214. The predicted molar refractivity (Wildman–Crippen MR) is 121 cm³/mol. The van der Waals surface area contributed by atoms with Gasteiger partial charge in [-0.3, -0.25) is 0 Å². The Kier molecular flexibility index (Phi) is 9.85. The highest BCUT2D eigenvalue weighted by atomic mass is 16.6. The van der Waals surface area contributed by atoms with Crippen LogP contribution in [-0.2, 0) is 28.6 Å². The summed E-state index contributed by atoms with van der Waals surface area (Å²) in [7, 11) is 0. The van der Waals surface area contributed by atoms with Crippen molar-refractivity contribution < 1.29 is 58.3 Å². The minimum Gasteiger partial charge on any atom is -0.478 e. The molecule has 0 bridgehead atoms. The average molecular weight is 504 g/mol. The van der Waals surface area contributed by atoms with Gasteiger partial charge in [-0.2, -0.15) is 0 Å². The van der Waals surface area contributed by atoms with Crippen molar-refractivity contribution in [3.05, 3.63) is 71.3 Å². The first-order valence-corrected chi connectivity index (χ1v) is 10.2. The Labute approximate surface area is 205 Å². The molecule has 12 heteroatoms. The molecule has 0 aliphatic rings. The SMILES string of the molecule is C=CC(=O)OC(C)c1c(C(=O)O)c(C(=O)O)c(C(C)OC(=O)C=C)c(C(C)OC(=O)C=C)c1C(=O)O. The lowest BCUT2D eigenvalue weighted by Gasteiger charge is -2.29. The molecule has 3 unspecified atom stereocenters. The lowest BCUT2D eigenvalue weighted by molar-refractivity contribution is -0.144. The molecule has 0 heterocycles. The number of carbonyl (C=O) groups excluding carboxylic acids is 3. The highest BCUT2D eigenvalue weighted by Gasteiger charge is 2.40. The van der Waals surface area contributed by atoms with E-state index in [0.717, 1.165) is 32.1 Å². The van der Waals surface area contributed by atoms with Crippen LogP contribution < -0.4 is 0 Å². The Hall–Kier alpha value is -4.74. The molecule has 0 aliphatic heterocycles. The van der Waals surface area contributed by atoms with Gasteiger partial charge in [0.05, 0.1) is 16.7 Å². The van der Waals surface area contributed by atoms with Gasteiger partial charge in [-0.1, -0.05) is 19.7 Å². The third-order valence-electron chi connectivity index (χ3n) is 4.86. The number of carboxylic acids is 3. The van der Waals surface area contributed by atoms with Crippen LogP contribution in [0.5, 0.6) is 0 Å². The van der Waals surface area contributed by atoms with E-state index < -0.39 is 87.5 Å². The number of esters is 3. The monoisotopic (exact) mass is 504 g/mol. The van der Waals surface area contributed by atoms with Crippen molar-refractivity contribution in [2.75, 3.05) is 0 Å². The molecular formula is C24H24O12. The highest BCUT2D eigenvalue weighted by molar-refractivity contribution is 6.08. The van der Waals surface area contributed by atoms with Gasteiger partial charge in [-0.25, -0.2) is 28.8 Å². The molecule has 0 saturated carbocycles. The summed E-state index contributed by atoms with van der Waals surface area (Å²) >= 11 is 0.